The highest BCUT2D eigenvalue weighted by atomic mass is 32.2. The number of thiazole rings is 1. The standard InChI is InChI=1S/C12H22N2S2/c1-2-15-10-5-8-13-7-4-3-6-12-14-9-11-16-12/h9,11,13H,2-8,10H2,1H3. The van der Waals surface area contributed by atoms with Crippen molar-refractivity contribution in [2.45, 2.75) is 32.6 Å². The van der Waals surface area contributed by atoms with Crippen LogP contribution in [-0.4, -0.2) is 29.6 Å². The Bertz CT molecular complexity index is 237. The lowest BCUT2D eigenvalue weighted by Gasteiger charge is -2.03. The van der Waals surface area contributed by atoms with Gasteiger partial charge in [0.1, 0.15) is 0 Å². The van der Waals surface area contributed by atoms with Crippen LogP contribution in [0.3, 0.4) is 0 Å². The van der Waals surface area contributed by atoms with Gasteiger partial charge in [0.15, 0.2) is 0 Å². The molecule has 1 rings (SSSR count). The van der Waals surface area contributed by atoms with Gasteiger partial charge >= 0.3 is 0 Å². The SMILES string of the molecule is CCSCCCNCCCCc1nccs1. The normalized spacial score (nSPS) is 10.8. The third kappa shape index (κ3) is 7.25. The van der Waals surface area contributed by atoms with Gasteiger partial charge in [0.25, 0.3) is 0 Å². The molecule has 0 atom stereocenters. The van der Waals surface area contributed by atoms with Gasteiger partial charge in [-0.2, -0.15) is 11.8 Å². The molecule has 1 heterocycles. The molecule has 0 saturated carbocycles. The van der Waals surface area contributed by atoms with E-state index in [0.29, 0.717) is 0 Å². The van der Waals surface area contributed by atoms with Gasteiger partial charge in [-0.1, -0.05) is 6.92 Å². The molecule has 4 heteroatoms. The van der Waals surface area contributed by atoms with Crippen molar-refractivity contribution in [3.8, 4) is 0 Å². The second-order valence-electron chi connectivity index (χ2n) is 3.68. The van der Waals surface area contributed by atoms with Crippen molar-refractivity contribution in [1.29, 1.82) is 0 Å². The van der Waals surface area contributed by atoms with Crippen LogP contribution in [0.2, 0.25) is 0 Å². The lowest BCUT2D eigenvalue weighted by Crippen LogP contribution is -2.17. The van der Waals surface area contributed by atoms with Crippen molar-refractivity contribution in [2.75, 3.05) is 24.6 Å². The molecular formula is C12H22N2S2. The molecule has 0 fully saturated rings. The van der Waals surface area contributed by atoms with Crippen molar-refractivity contribution in [3.63, 3.8) is 0 Å². The highest BCUT2D eigenvalue weighted by molar-refractivity contribution is 7.99. The fourth-order valence-electron chi connectivity index (χ4n) is 1.47. The number of hydrogen-bond acceptors (Lipinski definition) is 4. The summed E-state index contributed by atoms with van der Waals surface area (Å²) in [6.45, 7) is 4.54. The average molecular weight is 258 g/mol. The van der Waals surface area contributed by atoms with Crippen LogP contribution in [-0.2, 0) is 6.42 Å². The number of nitrogens with one attached hydrogen (secondary N) is 1. The van der Waals surface area contributed by atoms with Gasteiger partial charge in [0, 0.05) is 11.6 Å². The van der Waals surface area contributed by atoms with Crippen molar-refractivity contribution >= 4 is 23.1 Å². The maximum Gasteiger partial charge on any atom is 0.0924 e. The molecule has 16 heavy (non-hydrogen) atoms. The highest BCUT2D eigenvalue weighted by Gasteiger charge is 1.95. The minimum atomic E-state index is 1.14. The smallest absolute Gasteiger partial charge is 0.0924 e. The Kier molecular flexibility index (Phi) is 8.85. The summed E-state index contributed by atoms with van der Waals surface area (Å²) in [7, 11) is 0. The van der Waals surface area contributed by atoms with Crippen molar-refractivity contribution in [3.05, 3.63) is 16.6 Å². The fraction of sp³-hybridized carbons (Fsp3) is 0.750. The van der Waals surface area contributed by atoms with Crippen molar-refractivity contribution < 1.29 is 0 Å². The Balaban J connectivity index is 1.78. The zero-order chi connectivity index (χ0) is 11.5. The predicted octanol–water partition coefficient (Wildman–Crippen LogP) is 3.20. The van der Waals surface area contributed by atoms with Crippen LogP contribution in [0.15, 0.2) is 11.6 Å². The van der Waals surface area contributed by atoms with E-state index in [2.05, 4.69) is 22.6 Å². The average Bonchev–Trinajstić information content (AvgIpc) is 2.80. The summed E-state index contributed by atoms with van der Waals surface area (Å²) in [6, 6.07) is 0. The van der Waals surface area contributed by atoms with Gasteiger partial charge in [-0.05, 0) is 50.3 Å². The molecule has 1 N–H and O–H groups in total. The Morgan fingerprint density at radius 1 is 1.31 bits per heavy atom. The third-order valence-electron chi connectivity index (χ3n) is 2.32. The molecule has 1 aromatic heterocycles. The molecule has 0 aliphatic rings. The van der Waals surface area contributed by atoms with Gasteiger partial charge in [-0.3, -0.25) is 0 Å². The van der Waals surface area contributed by atoms with Gasteiger partial charge < -0.3 is 5.32 Å². The van der Waals surface area contributed by atoms with E-state index in [0.717, 1.165) is 13.0 Å². The monoisotopic (exact) mass is 258 g/mol. The Morgan fingerprint density at radius 2 is 2.19 bits per heavy atom. The van der Waals surface area contributed by atoms with E-state index < -0.39 is 0 Å². The first-order valence-electron chi connectivity index (χ1n) is 6.10. The number of aromatic nitrogens is 1. The molecule has 0 aliphatic carbocycles. The van der Waals surface area contributed by atoms with E-state index in [-0.39, 0.29) is 0 Å². The van der Waals surface area contributed by atoms with E-state index in [1.807, 2.05) is 18.0 Å². The zero-order valence-electron chi connectivity index (χ0n) is 10.1. The van der Waals surface area contributed by atoms with Crippen LogP contribution in [0.25, 0.3) is 0 Å². The highest BCUT2D eigenvalue weighted by Crippen LogP contribution is 2.07. The molecule has 0 bridgehead atoms. The van der Waals surface area contributed by atoms with E-state index in [4.69, 9.17) is 0 Å². The number of thioether (sulfide) groups is 1. The first-order chi connectivity index (χ1) is 7.93. The number of hydrogen-bond donors (Lipinski definition) is 1. The summed E-state index contributed by atoms with van der Waals surface area (Å²) in [5.74, 6) is 2.54. The number of unbranched alkanes of at least 4 members (excludes halogenated alkanes) is 1. The Hall–Kier alpha value is -0.0600. The van der Waals surface area contributed by atoms with E-state index in [1.165, 1.54) is 42.3 Å². The predicted molar refractivity (Wildman–Crippen MR) is 75.5 cm³/mol. The summed E-state index contributed by atoms with van der Waals surface area (Å²) in [4.78, 5) is 4.28. The van der Waals surface area contributed by atoms with Crippen LogP contribution in [0, 0.1) is 0 Å². The summed E-state index contributed by atoms with van der Waals surface area (Å²) in [5.41, 5.74) is 0. The molecule has 0 spiro atoms. The number of nitrogens with zero attached hydrogens (tertiary/aromatic N) is 1. The van der Waals surface area contributed by atoms with Crippen LogP contribution >= 0.6 is 23.1 Å². The van der Waals surface area contributed by atoms with E-state index in [9.17, 15) is 0 Å². The first kappa shape index (κ1) is 14.0. The number of rotatable bonds is 10. The summed E-state index contributed by atoms with van der Waals surface area (Å²) >= 11 is 3.79. The molecular weight excluding hydrogens is 236 g/mol. The van der Waals surface area contributed by atoms with Gasteiger partial charge in [0.05, 0.1) is 5.01 Å². The van der Waals surface area contributed by atoms with Crippen LogP contribution < -0.4 is 5.32 Å². The summed E-state index contributed by atoms with van der Waals surface area (Å²) in [6.07, 6.45) is 6.85. The Labute approximate surface area is 107 Å². The molecule has 2 nitrogen and oxygen atoms in total. The molecule has 0 aromatic carbocycles. The minimum Gasteiger partial charge on any atom is -0.317 e. The molecule has 92 valence electrons. The third-order valence-corrected chi connectivity index (χ3v) is 4.15. The second-order valence-corrected chi connectivity index (χ2v) is 6.06. The van der Waals surface area contributed by atoms with Gasteiger partial charge in [-0.15, -0.1) is 11.3 Å². The molecule has 0 unspecified atom stereocenters. The first-order valence-corrected chi connectivity index (χ1v) is 8.13. The largest absolute Gasteiger partial charge is 0.317 e. The van der Waals surface area contributed by atoms with Gasteiger partial charge in [0.2, 0.25) is 0 Å². The van der Waals surface area contributed by atoms with Crippen LogP contribution in [0.5, 0.6) is 0 Å². The summed E-state index contributed by atoms with van der Waals surface area (Å²) in [5, 5.41) is 6.83. The minimum absolute atomic E-state index is 1.14. The second kappa shape index (κ2) is 10.1. The Morgan fingerprint density at radius 3 is 2.94 bits per heavy atom. The molecule has 0 aliphatic heterocycles. The fourth-order valence-corrected chi connectivity index (χ4v) is 2.77. The van der Waals surface area contributed by atoms with Crippen LogP contribution in [0.4, 0.5) is 0 Å². The van der Waals surface area contributed by atoms with Gasteiger partial charge in [-0.25, -0.2) is 4.98 Å². The van der Waals surface area contributed by atoms with Crippen LogP contribution in [0.1, 0.15) is 31.2 Å². The summed E-state index contributed by atoms with van der Waals surface area (Å²) < 4.78 is 0. The van der Waals surface area contributed by atoms with Crippen molar-refractivity contribution in [1.82, 2.24) is 10.3 Å². The molecule has 0 radical (unpaired) electrons. The lowest BCUT2D eigenvalue weighted by atomic mass is 10.2. The van der Waals surface area contributed by atoms with E-state index in [1.54, 1.807) is 11.3 Å². The van der Waals surface area contributed by atoms with E-state index >= 15 is 0 Å². The topological polar surface area (TPSA) is 24.9 Å². The van der Waals surface area contributed by atoms with Crippen molar-refractivity contribution in [2.24, 2.45) is 0 Å². The molecule has 1 aromatic rings. The maximum absolute atomic E-state index is 4.28. The quantitative estimate of drug-likeness (QED) is 0.652. The molecule has 0 saturated heterocycles. The number of aryl methyl sites for hydroxylation is 1. The maximum atomic E-state index is 4.28. The lowest BCUT2D eigenvalue weighted by molar-refractivity contribution is 0.618. The zero-order valence-corrected chi connectivity index (χ0v) is 11.7. The molecule has 0 amide bonds.